The highest BCUT2D eigenvalue weighted by atomic mass is 16.5. The van der Waals surface area contributed by atoms with Crippen LogP contribution in [0.4, 0.5) is 0 Å². The van der Waals surface area contributed by atoms with E-state index in [4.69, 9.17) is 4.74 Å². The lowest BCUT2D eigenvalue weighted by atomic mass is 9.96. The third-order valence-corrected chi connectivity index (χ3v) is 5.00. The molecule has 0 aromatic heterocycles. The van der Waals surface area contributed by atoms with Gasteiger partial charge in [-0.25, -0.2) is 0 Å². The maximum absolute atomic E-state index is 12.4. The summed E-state index contributed by atoms with van der Waals surface area (Å²) >= 11 is 0. The number of nitrogens with one attached hydrogen (secondary N) is 1. The Morgan fingerprint density at radius 3 is 2.37 bits per heavy atom. The van der Waals surface area contributed by atoms with Crippen LogP contribution in [0.5, 0.6) is 5.75 Å². The van der Waals surface area contributed by atoms with E-state index in [1.807, 2.05) is 38.1 Å². The molecule has 1 fully saturated rings. The molecule has 1 saturated heterocycles. The molecule has 0 aliphatic carbocycles. The zero-order chi connectivity index (χ0) is 19.1. The van der Waals surface area contributed by atoms with Crippen molar-refractivity contribution in [2.75, 3.05) is 19.6 Å². The SMILES string of the molecule is CC(C)Oc1ccc(C(=O)NCC2CCN(Cc3ccccc3)CC2)cc1. The molecule has 1 aliphatic rings. The van der Waals surface area contributed by atoms with E-state index >= 15 is 0 Å². The third kappa shape index (κ3) is 6.10. The summed E-state index contributed by atoms with van der Waals surface area (Å²) in [5, 5.41) is 3.10. The number of hydrogen-bond donors (Lipinski definition) is 1. The second-order valence-electron chi connectivity index (χ2n) is 7.61. The lowest BCUT2D eigenvalue weighted by Gasteiger charge is -2.32. The number of benzene rings is 2. The fourth-order valence-electron chi connectivity index (χ4n) is 3.49. The maximum Gasteiger partial charge on any atom is 0.251 e. The first-order valence-corrected chi connectivity index (χ1v) is 9.91. The number of carbonyl (C=O) groups is 1. The van der Waals surface area contributed by atoms with Gasteiger partial charge in [-0.05, 0) is 75.5 Å². The summed E-state index contributed by atoms with van der Waals surface area (Å²) in [6.07, 6.45) is 2.40. The molecule has 144 valence electrons. The number of carbonyl (C=O) groups excluding carboxylic acids is 1. The van der Waals surface area contributed by atoms with Gasteiger partial charge in [-0.15, -0.1) is 0 Å². The van der Waals surface area contributed by atoms with Crippen LogP contribution in [0, 0.1) is 5.92 Å². The Morgan fingerprint density at radius 2 is 1.74 bits per heavy atom. The van der Waals surface area contributed by atoms with Gasteiger partial charge in [0.25, 0.3) is 5.91 Å². The van der Waals surface area contributed by atoms with Crippen LogP contribution in [0.2, 0.25) is 0 Å². The fraction of sp³-hybridized carbons (Fsp3) is 0.435. The molecule has 27 heavy (non-hydrogen) atoms. The lowest BCUT2D eigenvalue weighted by molar-refractivity contribution is 0.0935. The number of likely N-dealkylation sites (tertiary alicyclic amines) is 1. The smallest absolute Gasteiger partial charge is 0.251 e. The fourth-order valence-corrected chi connectivity index (χ4v) is 3.49. The van der Waals surface area contributed by atoms with Crippen molar-refractivity contribution in [3.63, 3.8) is 0 Å². The highest BCUT2D eigenvalue weighted by Gasteiger charge is 2.20. The van der Waals surface area contributed by atoms with Crippen molar-refractivity contribution in [3.05, 3.63) is 65.7 Å². The molecule has 0 atom stereocenters. The largest absolute Gasteiger partial charge is 0.491 e. The molecular formula is C23H30N2O2. The molecule has 2 aromatic carbocycles. The predicted molar refractivity (Wildman–Crippen MR) is 109 cm³/mol. The van der Waals surface area contributed by atoms with Gasteiger partial charge in [0.2, 0.25) is 0 Å². The second kappa shape index (κ2) is 9.56. The summed E-state index contributed by atoms with van der Waals surface area (Å²) in [7, 11) is 0. The summed E-state index contributed by atoms with van der Waals surface area (Å²) in [6.45, 7) is 7.94. The standard InChI is InChI=1S/C23H30N2O2/c1-18(2)27-22-10-8-21(9-11-22)23(26)24-16-19-12-14-25(15-13-19)17-20-6-4-3-5-7-20/h3-11,18-19H,12-17H2,1-2H3,(H,24,26). The highest BCUT2D eigenvalue weighted by Crippen LogP contribution is 2.19. The topological polar surface area (TPSA) is 41.6 Å². The first-order valence-electron chi connectivity index (χ1n) is 9.91. The molecule has 1 heterocycles. The minimum atomic E-state index is -0.00203. The number of ether oxygens (including phenoxy) is 1. The predicted octanol–water partition coefficient (Wildman–Crippen LogP) is 4.12. The monoisotopic (exact) mass is 366 g/mol. The Balaban J connectivity index is 1.40. The van der Waals surface area contributed by atoms with Gasteiger partial charge in [-0.3, -0.25) is 9.69 Å². The van der Waals surface area contributed by atoms with Crippen LogP contribution in [0.15, 0.2) is 54.6 Å². The van der Waals surface area contributed by atoms with Gasteiger partial charge in [0, 0.05) is 18.7 Å². The van der Waals surface area contributed by atoms with Crippen LogP contribution in [-0.4, -0.2) is 36.5 Å². The molecule has 2 aromatic rings. The van der Waals surface area contributed by atoms with Crippen molar-refractivity contribution < 1.29 is 9.53 Å². The quantitative estimate of drug-likeness (QED) is 0.802. The van der Waals surface area contributed by atoms with Crippen LogP contribution in [0.1, 0.15) is 42.6 Å². The normalized spacial score (nSPS) is 15.7. The van der Waals surface area contributed by atoms with Gasteiger partial charge in [0.15, 0.2) is 0 Å². The van der Waals surface area contributed by atoms with E-state index in [9.17, 15) is 4.79 Å². The van der Waals surface area contributed by atoms with Gasteiger partial charge in [0.05, 0.1) is 6.10 Å². The van der Waals surface area contributed by atoms with Gasteiger partial charge in [-0.2, -0.15) is 0 Å². The minimum Gasteiger partial charge on any atom is -0.491 e. The molecule has 4 heteroatoms. The second-order valence-corrected chi connectivity index (χ2v) is 7.61. The Hall–Kier alpha value is -2.33. The Kier molecular flexibility index (Phi) is 6.88. The number of nitrogens with zero attached hydrogens (tertiary/aromatic N) is 1. The van der Waals surface area contributed by atoms with Gasteiger partial charge in [-0.1, -0.05) is 30.3 Å². The Morgan fingerprint density at radius 1 is 1.07 bits per heavy atom. The first-order chi connectivity index (χ1) is 13.1. The molecule has 3 rings (SSSR count). The lowest BCUT2D eigenvalue weighted by Crippen LogP contribution is -2.38. The molecule has 0 bridgehead atoms. The van der Waals surface area contributed by atoms with E-state index in [1.165, 1.54) is 5.56 Å². The average molecular weight is 367 g/mol. The van der Waals surface area contributed by atoms with Crippen LogP contribution in [-0.2, 0) is 6.54 Å². The van der Waals surface area contributed by atoms with Crippen LogP contribution in [0.25, 0.3) is 0 Å². The van der Waals surface area contributed by atoms with Crippen molar-refractivity contribution in [3.8, 4) is 5.75 Å². The summed E-state index contributed by atoms with van der Waals surface area (Å²) in [4.78, 5) is 14.9. The zero-order valence-corrected chi connectivity index (χ0v) is 16.4. The van der Waals surface area contributed by atoms with Crippen molar-refractivity contribution in [1.82, 2.24) is 10.2 Å². The number of rotatable bonds is 7. The molecule has 4 nitrogen and oxygen atoms in total. The van der Waals surface area contributed by atoms with E-state index in [2.05, 4.69) is 40.5 Å². The van der Waals surface area contributed by atoms with Crippen LogP contribution < -0.4 is 10.1 Å². The van der Waals surface area contributed by atoms with Crippen molar-refractivity contribution >= 4 is 5.91 Å². The molecule has 0 saturated carbocycles. The molecular weight excluding hydrogens is 336 g/mol. The molecule has 0 radical (unpaired) electrons. The van der Waals surface area contributed by atoms with Gasteiger partial charge < -0.3 is 10.1 Å². The van der Waals surface area contributed by atoms with Gasteiger partial charge in [0.1, 0.15) is 5.75 Å². The summed E-state index contributed by atoms with van der Waals surface area (Å²) in [5.41, 5.74) is 2.06. The molecule has 1 N–H and O–H groups in total. The molecule has 0 spiro atoms. The van der Waals surface area contributed by atoms with Crippen LogP contribution >= 0.6 is 0 Å². The van der Waals surface area contributed by atoms with E-state index in [1.54, 1.807) is 0 Å². The Labute approximate surface area is 162 Å². The van der Waals surface area contributed by atoms with E-state index in [0.29, 0.717) is 11.5 Å². The van der Waals surface area contributed by atoms with Crippen molar-refractivity contribution in [2.24, 2.45) is 5.92 Å². The summed E-state index contributed by atoms with van der Waals surface area (Å²) in [5.74, 6) is 1.36. The maximum atomic E-state index is 12.4. The molecule has 0 unspecified atom stereocenters. The minimum absolute atomic E-state index is 0.00203. The van der Waals surface area contributed by atoms with Crippen molar-refractivity contribution in [2.45, 2.75) is 39.3 Å². The van der Waals surface area contributed by atoms with E-state index in [-0.39, 0.29) is 12.0 Å². The van der Waals surface area contributed by atoms with E-state index < -0.39 is 0 Å². The summed E-state index contributed by atoms with van der Waals surface area (Å²) < 4.78 is 5.62. The average Bonchev–Trinajstić information content (AvgIpc) is 2.68. The summed E-state index contributed by atoms with van der Waals surface area (Å²) in [6, 6.07) is 18.0. The van der Waals surface area contributed by atoms with Crippen LogP contribution in [0.3, 0.4) is 0 Å². The first kappa shape index (κ1) is 19.4. The van der Waals surface area contributed by atoms with Crippen molar-refractivity contribution in [1.29, 1.82) is 0 Å². The molecule has 1 amide bonds. The third-order valence-electron chi connectivity index (χ3n) is 5.00. The Bertz CT molecular complexity index is 705. The van der Waals surface area contributed by atoms with E-state index in [0.717, 1.165) is 44.8 Å². The number of hydrogen-bond acceptors (Lipinski definition) is 3. The number of amides is 1. The number of piperidine rings is 1. The highest BCUT2D eigenvalue weighted by molar-refractivity contribution is 5.94. The zero-order valence-electron chi connectivity index (χ0n) is 16.4. The van der Waals surface area contributed by atoms with Gasteiger partial charge >= 0.3 is 0 Å². The molecule has 1 aliphatic heterocycles.